The van der Waals surface area contributed by atoms with Crippen molar-refractivity contribution in [2.24, 2.45) is 5.41 Å². The first-order chi connectivity index (χ1) is 11.5. The van der Waals surface area contributed by atoms with Crippen molar-refractivity contribution in [1.29, 1.82) is 0 Å². The van der Waals surface area contributed by atoms with Crippen molar-refractivity contribution in [2.45, 2.75) is 66.0 Å². The first kappa shape index (κ1) is 20.0. The molecule has 0 bridgehead atoms. The van der Waals surface area contributed by atoms with Gasteiger partial charge in [-0.15, -0.1) is 0 Å². The largest absolute Gasteiger partial charge is 0.444 e. The number of amides is 2. The minimum atomic E-state index is -0.536. The van der Waals surface area contributed by atoms with E-state index in [0.29, 0.717) is 6.54 Å². The molecule has 2 fully saturated rings. The van der Waals surface area contributed by atoms with Crippen LogP contribution in [0.4, 0.5) is 4.79 Å². The Balaban J connectivity index is 1.91. The van der Waals surface area contributed by atoms with Crippen LogP contribution in [0.25, 0.3) is 0 Å². The molecule has 0 saturated carbocycles. The zero-order valence-corrected chi connectivity index (χ0v) is 16.8. The van der Waals surface area contributed by atoms with Gasteiger partial charge in [-0.05, 0) is 39.0 Å². The van der Waals surface area contributed by atoms with Gasteiger partial charge in [0.2, 0.25) is 5.91 Å². The molecular formula is C19H35N3O3. The van der Waals surface area contributed by atoms with Gasteiger partial charge >= 0.3 is 6.09 Å². The van der Waals surface area contributed by atoms with Gasteiger partial charge in [0.05, 0.1) is 0 Å². The third-order valence-corrected chi connectivity index (χ3v) is 4.55. The van der Waals surface area contributed by atoms with E-state index < -0.39 is 5.60 Å². The molecule has 0 aromatic rings. The summed E-state index contributed by atoms with van der Waals surface area (Å²) in [7, 11) is 0. The van der Waals surface area contributed by atoms with Gasteiger partial charge in [0, 0.05) is 39.3 Å². The normalized spacial score (nSPS) is 23.0. The van der Waals surface area contributed by atoms with Crippen LogP contribution in [-0.4, -0.2) is 77.6 Å². The molecule has 0 spiro atoms. The van der Waals surface area contributed by atoms with Gasteiger partial charge < -0.3 is 9.64 Å². The molecule has 2 aliphatic heterocycles. The van der Waals surface area contributed by atoms with Crippen LogP contribution in [0.1, 0.15) is 54.4 Å². The van der Waals surface area contributed by atoms with Crippen molar-refractivity contribution in [3.05, 3.63) is 0 Å². The zero-order chi connectivity index (χ0) is 18.8. The number of carbonyl (C=O) groups excluding carboxylic acids is 2. The summed E-state index contributed by atoms with van der Waals surface area (Å²) in [6, 6.07) is -0.357. The molecule has 2 rings (SSSR count). The number of hydrogen-bond donors (Lipinski definition) is 0. The number of hydrogen-bond acceptors (Lipinski definition) is 4. The van der Waals surface area contributed by atoms with Crippen LogP contribution in [0, 0.1) is 5.41 Å². The van der Waals surface area contributed by atoms with E-state index in [1.54, 1.807) is 4.90 Å². The Labute approximate surface area is 152 Å². The second-order valence-electron chi connectivity index (χ2n) is 9.49. The number of nitrogens with zero attached hydrogens (tertiary/aromatic N) is 3. The molecule has 2 aliphatic rings. The molecule has 6 heteroatoms. The fourth-order valence-corrected chi connectivity index (χ4v) is 3.57. The fourth-order valence-electron chi connectivity index (χ4n) is 3.57. The van der Waals surface area contributed by atoms with Crippen LogP contribution in [0.15, 0.2) is 0 Å². The third kappa shape index (κ3) is 5.87. The monoisotopic (exact) mass is 353 g/mol. The van der Waals surface area contributed by atoms with Gasteiger partial charge in [-0.25, -0.2) is 4.79 Å². The zero-order valence-electron chi connectivity index (χ0n) is 16.8. The maximum Gasteiger partial charge on any atom is 0.410 e. The molecule has 0 aromatic carbocycles. The van der Waals surface area contributed by atoms with Gasteiger partial charge in [0.25, 0.3) is 0 Å². The maximum absolute atomic E-state index is 12.9. The van der Waals surface area contributed by atoms with E-state index in [0.717, 1.165) is 45.6 Å². The highest BCUT2D eigenvalue weighted by Crippen LogP contribution is 2.23. The highest BCUT2D eigenvalue weighted by atomic mass is 16.6. The maximum atomic E-state index is 12.9. The highest BCUT2D eigenvalue weighted by molar-refractivity contribution is 5.86. The Kier molecular flexibility index (Phi) is 6.02. The minimum absolute atomic E-state index is 0.0822. The molecule has 6 nitrogen and oxygen atoms in total. The molecule has 1 atom stereocenters. The SMILES string of the molecule is CC(C)(C)CN1CCN(C(=O)C2CCCN2C(=O)OC(C)(C)C)CC1. The Bertz CT molecular complexity index is 485. The summed E-state index contributed by atoms with van der Waals surface area (Å²) < 4.78 is 5.47. The topological polar surface area (TPSA) is 53.1 Å². The smallest absolute Gasteiger partial charge is 0.410 e. The van der Waals surface area contributed by atoms with E-state index in [-0.39, 0.29) is 23.5 Å². The Morgan fingerprint density at radius 1 is 0.960 bits per heavy atom. The quantitative estimate of drug-likeness (QED) is 0.766. The predicted octanol–water partition coefficient (Wildman–Crippen LogP) is 2.58. The number of likely N-dealkylation sites (tertiary alicyclic amines) is 1. The lowest BCUT2D eigenvalue weighted by Crippen LogP contribution is -2.55. The van der Waals surface area contributed by atoms with Crippen molar-refractivity contribution < 1.29 is 14.3 Å². The van der Waals surface area contributed by atoms with E-state index in [4.69, 9.17) is 4.74 Å². The second-order valence-corrected chi connectivity index (χ2v) is 9.49. The Morgan fingerprint density at radius 2 is 1.56 bits per heavy atom. The van der Waals surface area contributed by atoms with Crippen LogP contribution in [0.5, 0.6) is 0 Å². The van der Waals surface area contributed by atoms with Gasteiger partial charge in [-0.1, -0.05) is 20.8 Å². The summed E-state index contributed by atoms with van der Waals surface area (Å²) >= 11 is 0. The summed E-state index contributed by atoms with van der Waals surface area (Å²) in [6.45, 7) is 17.2. The summed E-state index contributed by atoms with van der Waals surface area (Å²) in [5.74, 6) is 0.0822. The second kappa shape index (κ2) is 7.52. The van der Waals surface area contributed by atoms with Crippen molar-refractivity contribution in [1.82, 2.24) is 14.7 Å². The van der Waals surface area contributed by atoms with Gasteiger partial charge in [-0.2, -0.15) is 0 Å². The highest BCUT2D eigenvalue weighted by Gasteiger charge is 2.39. The van der Waals surface area contributed by atoms with Crippen LogP contribution in [0.2, 0.25) is 0 Å². The van der Waals surface area contributed by atoms with Crippen molar-refractivity contribution in [2.75, 3.05) is 39.3 Å². The number of rotatable bonds is 2. The third-order valence-electron chi connectivity index (χ3n) is 4.55. The summed E-state index contributed by atoms with van der Waals surface area (Å²) in [6.07, 6.45) is 1.23. The molecular weight excluding hydrogens is 318 g/mol. The van der Waals surface area contributed by atoms with Crippen LogP contribution in [0.3, 0.4) is 0 Å². The van der Waals surface area contributed by atoms with Crippen molar-refractivity contribution in [3.8, 4) is 0 Å². The molecule has 1 unspecified atom stereocenters. The Hall–Kier alpha value is -1.30. The lowest BCUT2D eigenvalue weighted by molar-refractivity contribution is -0.137. The van der Waals surface area contributed by atoms with E-state index in [2.05, 4.69) is 25.7 Å². The number of carbonyl (C=O) groups is 2. The van der Waals surface area contributed by atoms with Crippen LogP contribution in [-0.2, 0) is 9.53 Å². The van der Waals surface area contributed by atoms with Crippen molar-refractivity contribution >= 4 is 12.0 Å². The van der Waals surface area contributed by atoms with Gasteiger partial charge in [0.1, 0.15) is 11.6 Å². The minimum Gasteiger partial charge on any atom is -0.444 e. The average molecular weight is 354 g/mol. The molecule has 0 radical (unpaired) electrons. The van der Waals surface area contributed by atoms with Gasteiger partial charge in [-0.3, -0.25) is 14.6 Å². The molecule has 0 aliphatic carbocycles. The summed E-state index contributed by atoms with van der Waals surface area (Å²) in [5, 5.41) is 0. The van der Waals surface area contributed by atoms with Crippen LogP contribution >= 0.6 is 0 Å². The standard InChI is InChI=1S/C19H35N3O3/c1-18(2,3)14-20-10-12-21(13-11-20)16(23)15-8-7-9-22(15)17(24)25-19(4,5)6/h15H,7-14H2,1-6H3. The Morgan fingerprint density at radius 3 is 2.08 bits per heavy atom. The lowest BCUT2D eigenvalue weighted by Gasteiger charge is -2.39. The van der Waals surface area contributed by atoms with E-state index >= 15 is 0 Å². The van der Waals surface area contributed by atoms with E-state index in [1.807, 2.05) is 25.7 Å². The molecule has 2 heterocycles. The molecule has 2 saturated heterocycles. The predicted molar refractivity (Wildman–Crippen MR) is 98.4 cm³/mol. The number of piperazine rings is 1. The fraction of sp³-hybridized carbons (Fsp3) is 0.895. The molecule has 0 aromatic heterocycles. The summed E-state index contributed by atoms with van der Waals surface area (Å²) in [4.78, 5) is 31.3. The van der Waals surface area contributed by atoms with E-state index in [9.17, 15) is 9.59 Å². The average Bonchev–Trinajstić information content (AvgIpc) is 2.93. The first-order valence-electron chi connectivity index (χ1n) is 9.47. The van der Waals surface area contributed by atoms with Gasteiger partial charge in [0.15, 0.2) is 0 Å². The van der Waals surface area contributed by atoms with Crippen molar-refractivity contribution in [3.63, 3.8) is 0 Å². The first-order valence-corrected chi connectivity index (χ1v) is 9.47. The van der Waals surface area contributed by atoms with E-state index in [1.165, 1.54) is 0 Å². The molecule has 0 N–H and O–H groups in total. The molecule has 25 heavy (non-hydrogen) atoms. The molecule has 144 valence electrons. The lowest BCUT2D eigenvalue weighted by atomic mass is 9.96. The van der Waals surface area contributed by atoms with Crippen LogP contribution < -0.4 is 0 Å². The number of ether oxygens (including phenoxy) is 1. The molecule has 2 amide bonds. The summed E-state index contributed by atoms with van der Waals surface area (Å²) in [5.41, 5.74) is -0.267.